The summed E-state index contributed by atoms with van der Waals surface area (Å²) < 4.78 is 5.79. The van der Waals surface area contributed by atoms with Crippen molar-refractivity contribution in [1.29, 1.82) is 0 Å². The summed E-state index contributed by atoms with van der Waals surface area (Å²) in [4.78, 5) is 0. The molecule has 0 amide bonds. The molecule has 82 valence electrons. The van der Waals surface area contributed by atoms with Gasteiger partial charge < -0.3 is 15.8 Å². The summed E-state index contributed by atoms with van der Waals surface area (Å²) >= 11 is 0. The number of benzene rings is 1. The van der Waals surface area contributed by atoms with Gasteiger partial charge in [-0.25, -0.2) is 0 Å². The molecule has 1 unspecified atom stereocenters. The molecular formula is C12H18N2O. The minimum absolute atomic E-state index is 0.292. The molecule has 0 bridgehead atoms. The Bertz CT molecular complexity index is 289. The first-order chi connectivity index (χ1) is 7.40. The summed E-state index contributed by atoms with van der Waals surface area (Å²) in [6.07, 6.45) is 2.34. The van der Waals surface area contributed by atoms with Crippen LogP contribution in [0.1, 0.15) is 12.0 Å². The second-order valence-electron chi connectivity index (χ2n) is 3.90. The monoisotopic (exact) mass is 206 g/mol. The second kappa shape index (κ2) is 5.14. The van der Waals surface area contributed by atoms with Gasteiger partial charge in [0, 0.05) is 13.0 Å². The first kappa shape index (κ1) is 10.5. The zero-order valence-corrected chi connectivity index (χ0v) is 8.91. The first-order valence-electron chi connectivity index (χ1n) is 5.55. The van der Waals surface area contributed by atoms with Gasteiger partial charge in [-0.05, 0) is 31.1 Å². The third kappa shape index (κ3) is 2.70. The molecule has 3 heteroatoms. The highest BCUT2D eigenvalue weighted by Gasteiger charge is 2.21. The maximum atomic E-state index is 5.79. The predicted molar refractivity (Wildman–Crippen MR) is 61.1 cm³/mol. The number of nitrogens with one attached hydrogen (secondary N) is 1. The van der Waals surface area contributed by atoms with Crippen molar-refractivity contribution < 1.29 is 4.74 Å². The largest absolute Gasteiger partial charge is 0.488 e. The third-order valence-corrected chi connectivity index (χ3v) is 2.64. The van der Waals surface area contributed by atoms with E-state index in [0.29, 0.717) is 6.10 Å². The van der Waals surface area contributed by atoms with Crippen LogP contribution >= 0.6 is 0 Å². The SMILES string of the molecule is NCCCNCC1Cc2ccccc2O1. The molecule has 0 saturated carbocycles. The second-order valence-corrected chi connectivity index (χ2v) is 3.90. The van der Waals surface area contributed by atoms with Crippen LogP contribution in [0.5, 0.6) is 5.75 Å². The van der Waals surface area contributed by atoms with E-state index in [9.17, 15) is 0 Å². The van der Waals surface area contributed by atoms with E-state index in [2.05, 4.69) is 17.4 Å². The number of hydrogen-bond acceptors (Lipinski definition) is 3. The molecular weight excluding hydrogens is 188 g/mol. The van der Waals surface area contributed by atoms with E-state index >= 15 is 0 Å². The lowest BCUT2D eigenvalue weighted by atomic mass is 10.1. The van der Waals surface area contributed by atoms with E-state index in [-0.39, 0.29) is 0 Å². The van der Waals surface area contributed by atoms with Crippen molar-refractivity contribution in [3.05, 3.63) is 29.8 Å². The fraction of sp³-hybridized carbons (Fsp3) is 0.500. The summed E-state index contributed by atoms with van der Waals surface area (Å²) in [7, 11) is 0. The number of nitrogens with two attached hydrogens (primary N) is 1. The average molecular weight is 206 g/mol. The quantitative estimate of drug-likeness (QED) is 0.704. The maximum absolute atomic E-state index is 5.79. The van der Waals surface area contributed by atoms with E-state index < -0.39 is 0 Å². The van der Waals surface area contributed by atoms with Gasteiger partial charge in [-0.15, -0.1) is 0 Å². The van der Waals surface area contributed by atoms with Gasteiger partial charge in [0.15, 0.2) is 0 Å². The van der Waals surface area contributed by atoms with Crippen LogP contribution in [-0.2, 0) is 6.42 Å². The third-order valence-electron chi connectivity index (χ3n) is 2.64. The number of fused-ring (bicyclic) bond motifs is 1. The minimum Gasteiger partial charge on any atom is -0.488 e. The normalized spacial score (nSPS) is 18.6. The van der Waals surface area contributed by atoms with Crippen molar-refractivity contribution in [2.24, 2.45) is 5.73 Å². The Hall–Kier alpha value is -1.06. The van der Waals surface area contributed by atoms with Crippen LogP contribution in [0.3, 0.4) is 0 Å². The van der Waals surface area contributed by atoms with Crippen molar-refractivity contribution in [2.45, 2.75) is 18.9 Å². The zero-order valence-electron chi connectivity index (χ0n) is 8.91. The number of ether oxygens (including phenoxy) is 1. The Kier molecular flexibility index (Phi) is 3.59. The first-order valence-corrected chi connectivity index (χ1v) is 5.55. The minimum atomic E-state index is 0.292. The van der Waals surface area contributed by atoms with Crippen LogP contribution < -0.4 is 15.8 Å². The van der Waals surface area contributed by atoms with Gasteiger partial charge in [0.2, 0.25) is 0 Å². The summed E-state index contributed by atoms with van der Waals surface area (Å²) in [5.41, 5.74) is 6.74. The molecule has 15 heavy (non-hydrogen) atoms. The number of hydrogen-bond donors (Lipinski definition) is 2. The van der Waals surface area contributed by atoms with Crippen LogP contribution in [0.4, 0.5) is 0 Å². The lowest BCUT2D eigenvalue weighted by Gasteiger charge is -2.11. The fourth-order valence-corrected chi connectivity index (χ4v) is 1.86. The highest BCUT2D eigenvalue weighted by atomic mass is 16.5. The smallest absolute Gasteiger partial charge is 0.123 e. The lowest BCUT2D eigenvalue weighted by Crippen LogP contribution is -2.31. The number of rotatable bonds is 5. The van der Waals surface area contributed by atoms with E-state index in [1.54, 1.807) is 0 Å². The van der Waals surface area contributed by atoms with Gasteiger partial charge in [0.1, 0.15) is 11.9 Å². The molecule has 2 rings (SSSR count). The van der Waals surface area contributed by atoms with Crippen molar-refractivity contribution in [1.82, 2.24) is 5.32 Å². The van der Waals surface area contributed by atoms with Crippen LogP contribution in [-0.4, -0.2) is 25.7 Å². The predicted octanol–water partition coefficient (Wildman–Crippen LogP) is 0.929. The van der Waals surface area contributed by atoms with Crippen LogP contribution in [0.2, 0.25) is 0 Å². The van der Waals surface area contributed by atoms with Crippen molar-refractivity contribution in [2.75, 3.05) is 19.6 Å². The van der Waals surface area contributed by atoms with Crippen LogP contribution in [0.25, 0.3) is 0 Å². The molecule has 1 aromatic carbocycles. The molecule has 1 aliphatic rings. The van der Waals surface area contributed by atoms with E-state index in [4.69, 9.17) is 10.5 Å². The summed E-state index contributed by atoms with van der Waals surface area (Å²) in [5.74, 6) is 1.04. The number of para-hydroxylation sites is 1. The molecule has 1 aromatic rings. The zero-order chi connectivity index (χ0) is 10.5. The molecule has 0 radical (unpaired) electrons. The summed E-state index contributed by atoms with van der Waals surface area (Å²) in [5, 5.41) is 3.36. The highest BCUT2D eigenvalue weighted by molar-refractivity contribution is 5.37. The molecule has 0 aromatic heterocycles. The Morgan fingerprint density at radius 2 is 2.27 bits per heavy atom. The Balaban J connectivity index is 1.76. The Morgan fingerprint density at radius 3 is 3.07 bits per heavy atom. The van der Waals surface area contributed by atoms with Crippen LogP contribution in [0.15, 0.2) is 24.3 Å². The molecule has 0 aliphatic carbocycles. The molecule has 1 heterocycles. The van der Waals surface area contributed by atoms with Gasteiger partial charge in [0.25, 0.3) is 0 Å². The summed E-state index contributed by atoms with van der Waals surface area (Å²) in [6, 6.07) is 8.25. The Labute approximate surface area is 90.6 Å². The average Bonchev–Trinajstić information content (AvgIpc) is 2.67. The van der Waals surface area contributed by atoms with Crippen LogP contribution in [0, 0.1) is 0 Å². The summed E-state index contributed by atoms with van der Waals surface area (Å²) in [6.45, 7) is 2.64. The standard InChI is InChI=1S/C12H18N2O/c13-6-3-7-14-9-11-8-10-4-1-2-5-12(10)15-11/h1-2,4-5,11,14H,3,6-9,13H2. The van der Waals surface area contributed by atoms with Gasteiger partial charge in [0.05, 0.1) is 0 Å². The molecule has 0 spiro atoms. The van der Waals surface area contributed by atoms with Gasteiger partial charge >= 0.3 is 0 Å². The molecule has 0 saturated heterocycles. The van der Waals surface area contributed by atoms with Crippen molar-refractivity contribution >= 4 is 0 Å². The lowest BCUT2D eigenvalue weighted by molar-refractivity contribution is 0.228. The van der Waals surface area contributed by atoms with E-state index in [1.807, 2.05) is 12.1 Å². The van der Waals surface area contributed by atoms with Gasteiger partial charge in [-0.2, -0.15) is 0 Å². The molecule has 1 aliphatic heterocycles. The molecule has 3 N–H and O–H groups in total. The van der Waals surface area contributed by atoms with Gasteiger partial charge in [-0.1, -0.05) is 18.2 Å². The fourth-order valence-electron chi connectivity index (χ4n) is 1.86. The van der Waals surface area contributed by atoms with Crippen molar-refractivity contribution in [3.8, 4) is 5.75 Å². The molecule has 0 fully saturated rings. The molecule has 3 nitrogen and oxygen atoms in total. The molecule has 1 atom stereocenters. The van der Waals surface area contributed by atoms with Gasteiger partial charge in [-0.3, -0.25) is 0 Å². The highest BCUT2D eigenvalue weighted by Crippen LogP contribution is 2.27. The topological polar surface area (TPSA) is 47.3 Å². The Morgan fingerprint density at radius 1 is 1.40 bits per heavy atom. The van der Waals surface area contributed by atoms with E-state index in [1.165, 1.54) is 5.56 Å². The van der Waals surface area contributed by atoms with E-state index in [0.717, 1.165) is 38.2 Å². The maximum Gasteiger partial charge on any atom is 0.123 e. The van der Waals surface area contributed by atoms with Crippen molar-refractivity contribution in [3.63, 3.8) is 0 Å².